The molecule has 6 heteroatoms. The summed E-state index contributed by atoms with van der Waals surface area (Å²) in [6, 6.07) is 10.5. The highest BCUT2D eigenvalue weighted by atomic mass is 32.2. The van der Waals surface area contributed by atoms with Gasteiger partial charge in [0.1, 0.15) is 4.83 Å². The Bertz CT molecular complexity index is 965. The lowest BCUT2D eigenvalue weighted by Crippen LogP contribution is -2.08. The van der Waals surface area contributed by atoms with Gasteiger partial charge in [-0.3, -0.25) is 4.79 Å². The SMILES string of the molecule is CC(C)c1ccc(-c2csc3nc(SCCCC#N)[nH]c(=O)c23)cc1. The van der Waals surface area contributed by atoms with Gasteiger partial charge in [-0.25, -0.2) is 4.98 Å². The van der Waals surface area contributed by atoms with Gasteiger partial charge in [0, 0.05) is 23.1 Å². The molecule has 0 atom stereocenters. The summed E-state index contributed by atoms with van der Waals surface area (Å²) in [7, 11) is 0. The fourth-order valence-electron chi connectivity index (χ4n) is 2.58. The Kier molecular flexibility index (Phi) is 5.57. The lowest BCUT2D eigenvalue weighted by atomic mass is 9.99. The molecule has 0 saturated carbocycles. The smallest absolute Gasteiger partial charge is 0.260 e. The van der Waals surface area contributed by atoms with Crippen LogP contribution in [0.25, 0.3) is 21.3 Å². The molecule has 0 bridgehead atoms. The first-order chi connectivity index (χ1) is 12.1. The zero-order chi connectivity index (χ0) is 17.8. The van der Waals surface area contributed by atoms with Crippen molar-refractivity contribution in [3.05, 3.63) is 45.6 Å². The Morgan fingerprint density at radius 1 is 1.32 bits per heavy atom. The number of unbranched alkanes of at least 4 members (excludes halogenated alkanes) is 1. The molecular formula is C19H19N3OS2. The molecule has 25 heavy (non-hydrogen) atoms. The predicted octanol–water partition coefficient (Wildman–Crippen LogP) is 5.17. The van der Waals surface area contributed by atoms with Crippen LogP contribution in [0.2, 0.25) is 0 Å². The number of fused-ring (bicyclic) bond motifs is 1. The van der Waals surface area contributed by atoms with Crippen LogP contribution < -0.4 is 5.56 Å². The average molecular weight is 370 g/mol. The van der Waals surface area contributed by atoms with E-state index in [9.17, 15) is 4.79 Å². The molecule has 0 amide bonds. The van der Waals surface area contributed by atoms with Crippen LogP contribution in [-0.2, 0) is 0 Å². The topological polar surface area (TPSA) is 69.5 Å². The number of H-pyrrole nitrogens is 1. The van der Waals surface area contributed by atoms with E-state index in [1.54, 1.807) is 0 Å². The Morgan fingerprint density at radius 2 is 2.08 bits per heavy atom. The minimum atomic E-state index is -0.100. The summed E-state index contributed by atoms with van der Waals surface area (Å²) < 4.78 is 0. The molecule has 0 unspecified atom stereocenters. The van der Waals surface area contributed by atoms with E-state index < -0.39 is 0 Å². The number of thiophene rings is 1. The van der Waals surface area contributed by atoms with Crippen molar-refractivity contribution in [1.82, 2.24) is 9.97 Å². The van der Waals surface area contributed by atoms with E-state index >= 15 is 0 Å². The normalized spacial score (nSPS) is 11.1. The monoisotopic (exact) mass is 369 g/mol. The van der Waals surface area contributed by atoms with Crippen LogP contribution in [0.15, 0.2) is 39.6 Å². The summed E-state index contributed by atoms with van der Waals surface area (Å²) in [6.45, 7) is 4.33. The summed E-state index contributed by atoms with van der Waals surface area (Å²) in [5, 5.41) is 11.9. The zero-order valence-electron chi connectivity index (χ0n) is 14.2. The molecule has 0 saturated heterocycles. The number of hydrogen-bond donors (Lipinski definition) is 1. The van der Waals surface area contributed by atoms with Crippen LogP contribution in [0.5, 0.6) is 0 Å². The maximum absolute atomic E-state index is 12.6. The van der Waals surface area contributed by atoms with Gasteiger partial charge in [-0.2, -0.15) is 5.26 Å². The number of aromatic amines is 1. The van der Waals surface area contributed by atoms with Gasteiger partial charge in [-0.1, -0.05) is 49.9 Å². The minimum Gasteiger partial charge on any atom is -0.301 e. The molecule has 2 heterocycles. The van der Waals surface area contributed by atoms with Gasteiger partial charge in [0.25, 0.3) is 5.56 Å². The first-order valence-corrected chi connectivity index (χ1v) is 10.1. The number of rotatable bonds is 6. The van der Waals surface area contributed by atoms with E-state index in [0.717, 1.165) is 28.1 Å². The molecule has 3 rings (SSSR count). The van der Waals surface area contributed by atoms with E-state index in [2.05, 4.69) is 54.2 Å². The summed E-state index contributed by atoms with van der Waals surface area (Å²) in [6.07, 6.45) is 1.32. The van der Waals surface area contributed by atoms with E-state index in [-0.39, 0.29) is 5.56 Å². The van der Waals surface area contributed by atoms with Crippen molar-refractivity contribution in [3.8, 4) is 17.2 Å². The van der Waals surface area contributed by atoms with Gasteiger partial charge in [0.2, 0.25) is 0 Å². The van der Waals surface area contributed by atoms with Crippen molar-refractivity contribution in [1.29, 1.82) is 5.26 Å². The summed E-state index contributed by atoms with van der Waals surface area (Å²) in [5.74, 6) is 1.26. The van der Waals surface area contributed by atoms with Crippen molar-refractivity contribution in [2.45, 2.75) is 37.8 Å². The Balaban J connectivity index is 1.91. The van der Waals surface area contributed by atoms with Crippen LogP contribution in [0.4, 0.5) is 0 Å². The quantitative estimate of drug-likeness (QED) is 0.370. The third-order valence-electron chi connectivity index (χ3n) is 3.98. The van der Waals surface area contributed by atoms with Crippen molar-refractivity contribution in [2.24, 2.45) is 0 Å². The highest BCUT2D eigenvalue weighted by Crippen LogP contribution is 2.32. The summed E-state index contributed by atoms with van der Waals surface area (Å²) in [4.78, 5) is 20.8. The second-order valence-electron chi connectivity index (χ2n) is 6.09. The fraction of sp³-hybridized carbons (Fsp3) is 0.316. The molecule has 2 aromatic heterocycles. The van der Waals surface area contributed by atoms with E-state index in [0.29, 0.717) is 22.9 Å². The lowest BCUT2D eigenvalue weighted by Gasteiger charge is -2.06. The van der Waals surface area contributed by atoms with Crippen LogP contribution in [0, 0.1) is 11.3 Å². The minimum absolute atomic E-state index is 0.100. The number of hydrogen-bond acceptors (Lipinski definition) is 5. The lowest BCUT2D eigenvalue weighted by molar-refractivity contribution is 0.867. The first-order valence-electron chi connectivity index (χ1n) is 8.21. The predicted molar refractivity (Wildman–Crippen MR) is 105 cm³/mol. The third kappa shape index (κ3) is 3.94. The number of nitriles is 1. The second-order valence-corrected chi connectivity index (χ2v) is 8.03. The molecule has 4 nitrogen and oxygen atoms in total. The van der Waals surface area contributed by atoms with Gasteiger partial charge >= 0.3 is 0 Å². The number of thioether (sulfide) groups is 1. The van der Waals surface area contributed by atoms with Crippen molar-refractivity contribution >= 4 is 33.3 Å². The Hall–Kier alpha value is -2.10. The molecule has 0 aliphatic carbocycles. The summed E-state index contributed by atoms with van der Waals surface area (Å²) >= 11 is 2.98. The largest absolute Gasteiger partial charge is 0.301 e. The fourth-order valence-corrected chi connectivity index (χ4v) is 4.39. The Labute approximate surface area is 154 Å². The van der Waals surface area contributed by atoms with Crippen molar-refractivity contribution in [2.75, 3.05) is 5.75 Å². The molecule has 0 fully saturated rings. The van der Waals surface area contributed by atoms with Crippen molar-refractivity contribution < 1.29 is 0 Å². The van der Waals surface area contributed by atoms with Gasteiger partial charge in [-0.05, 0) is 23.5 Å². The van der Waals surface area contributed by atoms with Gasteiger partial charge in [-0.15, -0.1) is 11.3 Å². The van der Waals surface area contributed by atoms with Gasteiger partial charge in [0.15, 0.2) is 5.16 Å². The maximum Gasteiger partial charge on any atom is 0.260 e. The van der Waals surface area contributed by atoms with Gasteiger partial charge in [0.05, 0.1) is 11.5 Å². The molecule has 1 N–H and O–H groups in total. The molecular weight excluding hydrogens is 350 g/mol. The van der Waals surface area contributed by atoms with E-state index in [4.69, 9.17) is 5.26 Å². The maximum atomic E-state index is 12.6. The second kappa shape index (κ2) is 7.85. The number of benzene rings is 1. The molecule has 0 spiro atoms. The molecule has 0 radical (unpaired) electrons. The third-order valence-corrected chi connectivity index (χ3v) is 5.81. The number of nitrogens with zero attached hydrogens (tertiary/aromatic N) is 2. The number of nitrogens with one attached hydrogen (secondary N) is 1. The van der Waals surface area contributed by atoms with Crippen LogP contribution >= 0.6 is 23.1 Å². The Morgan fingerprint density at radius 3 is 2.76 bits per heavy atom. The van der Waals surface area contributed by atoms with Crippen molar-refractivity contribution in [3.63, 3.8) is 0 Å². The van der Waals surface area contributed by atoms with Crippen LogP contribution in [0.3, 0.4) is 0 Å². The molecule has 1 aromatic carbocycles. The standard InChI is InChI=1S/C19H19N3OS2/c1-12(2)13-5-7-14(8-6-13)15-11-25-18-16(15)17(23)21-19(22-18)24-10-4-3-9-20/h5-8,11-12H,3-4,10H2,1-2H3,(H,21,22,23). The average Bonchev–Trinajstić information content (AvgIpc) is 3.03. The molecule has 0 aliphatic rings. The van der Waals surface area contributed by atoms with Crippen LogP contribution in [0.1, 0.15) is 38.2 Å². The highest BCUT2D eigenvalue weighted by molar-refractivity contribution is 7.99. The molecule has 3 aromatic rings. The van der Waals surface area contributed by atoms with Gasteiger partial charge < -0.3 is 4.98 Å². The zero-order valence-corrected chi connectivity index (χ0v) is 15.8. The van der Waals surface area contributed by atoms with E-state index in [1.165, 1.54) is 28.7 Å². The molecule has 0 aliphatic heterocycles. The first kappa shape index (κ1) is 17.7. The highest BCUT2D eigenvalue weighted by Gasteiger charge is 2.13. The van der Waals surface area contributed by atoms with E-state index in [1.807, 2.05) is 5.38 Å². The molecule has 128 valence electrons. The summed E-state index contributed by atoms with van der Waals surface area (Å²) in [5.41, 5.74) is 3.16. The van der Waals surface area contributed by atoms with Crippen LogP contribution in [-0.4, -0.2) is 15.7 Å². The number of aromatic nitrogens is 2.